The van der Waals surface area contributed by atoms with Crippen molar-refractivity contribution in [3.8, 4) is 11.5 Å². The minimum atomic E-state index is -1.74. The van der Waals surface area contributed by atoms with Gasteiger partial charge in [-0.15, -0.1) is 0 Å². The van der Waals surface area contributed by atoms with E-state index >= 15 is 0 Å². The van der Waals surface area contributed by atoms with Gasteiger partial charge in [0.05, 0.1) is 0 Å². The number of carboxylic acid groups (broad SMARTS) is 1. The highest BCUT2D eigenvalue weighted by atomic mass is 33.1. The van der Waals surface area contributed by atoms with Crippen LogP contribution < -0.4 is 76.1 Å². The van der Waals surface area contributed by atoms with E-state index in [1.165, 1.54) is 48.5 Å². The van der Waals surface area contributed by atoms with Gasteiger partial charge in [0.15, 0.2) is 5.96 Å². The standard InChI is InChI=1S/C61H82N16O17S2/c1-31(2)51-60(94)74-43(25-33-11-15-36(80)16-12-33)57(91)71-39(8-5-22-67-61(64)65)53(87)66-23-21-48(82)69-40(17-19-47(62)81)54(88)73-44(26-34-27-68-38-7-4-3-6-37(34)38)58(92)72-41(18-20-50(84)85)55(89)75-45(52(63)86)29-95-96-30-46(59(93)77-51)76-56(90)42(70-49(83)28-78)24-32-9-13-35(79)14-10-32/h3-4,6-7,9-16,27,31,39-46,51,68,78-80H,5,8,17-26,28-30H2,1-2H3,(H2,62,81)(H2,63,86)(H,66,87)(H,69,82)(H,70,83)(H,71,91)(H,72,92)(H,73,88)(H,74,94)(H,75,89)(H,76,90)(H,77,93)(H,84,85)(H4,64,65,67)/t39-,40-,41-,42-,43-,44-,45+,46-,51-/m0/s1. The molecule has 1 saturated heterocycles. The third-order valence-corrected chi connectivity index (χ3v) is 17.3. The fourth-order valence-corrected chi connectivity index (χ4v) is 12.0. The second kappa shape index (κ2) is 38.3. The molecule has 5 rings (SSSR count). The molecule has 96 heavy (non-hydrogen) atoms. The molecule has 2 heterocycles. The number of aliphatic hydroxyl groups excluding tert-OH is 1. The average molecular weight is 1380 g/mol. The van der Waals surface area contributed by atoms with Crippen molar-refractivity contribution in [1.29, 1.82) is 0 Å². The number of aromatic amines is 1. The van der Waals surface area contributed by atoms with Gasteiger partial charge in [-0.25, -0.2) is 0 Å². The van der Waals surface area contributed by atoms with E-state index in [9.17, 15) is 82.8 Å². The Labute approximate surface area is 558 Å². The quantitative estimate of drug-likeness (QED) is 0.0155. The summed E-state index contributed by atoms with van der Waals surface area (Å²) in [5.74, 6) is -15.2. The number of aliphatic hydroxyl groups is 1. The third-order valence-electron chi connectivity index (χ3n) is 14.8. The summed E-state index contributed by atoms with van der Waals surface area (Å²) in [4.78, 5) is 186. The van der Waals surface area contributed by atoms with E-state index in [1.807, 2.05) is 0 Å². The molecule has 1 aliphatic heterocycles. The molecular weight excluding hydrogens is 1290 g/mol. The summed E-state index contributed by atoms with van der Waals surface area (Å²) in [5, 5.41) is 65.5. The van der Waals surface area contributed by atoms with Gasteiger partial charge in [-0.3, -0.25) is 67.3 Å². The molecule has 4 aromatic rings. The van der Waals surface area contributed by atoms with Crippen LogP contribution in [0.4, 0.5) is 0 Å². The number of benzene rings is 3. The van der Waals surface area contributed by atoms with E-state index in [0.717, 1.165) is 21.6 Å². The van der Waals surface area contributed by atoms with Crippen LogP contribution in [0.1, 0.15) is 75.5 Å². The van der Waals surface area contributed by atoms with Crippen molar-refractivity contribution in [3.05, 3.63) is 95.7 Å². The minimum absolute atomic E-state index is 0.0174. The SMILES string of the molecule is CC(C)[C@@H]1NC(=O)[C@@H](NC(=O)[C@H](Cc2ccc(O)cc2)NC(=O)CO)CSSC[C@H](C(N)=O)NC(=O)[C@H](CCC(=O)O)NC(=O)[C@H](Cc2c[nH]c3ccccc23)NC(=O)[C@H](CCC(N)=O)NC(=O)CCNC(=O)[C@H](CCCN=C(N)N)NC(=O)[C@H](Cc2ccc(O)cc2)NC1=O. The second-order valence-corrected chi connectivity index (χ2v) is 25.3. The van der Waals surface area contributed by atoms with E-state index in [-0.39, 0.29) is 61.9 Å². The summed E-state index contributed by atoms with van der Waals surface area (Å²) in [6.07, 6.45) is -1.99. The van der Waals surface area contributed by atoms with Crippen molar-refractivity contribution in [1.82, 2.24) is 58.2 Å². The summed E-state index contributed by atoms with van der Waals surface area (Å²) < 4.78 is 0. The lowest BCUT2D eigenvalue weighted by atomic mass is 10.00. The molecule has 1 aromatic heterocycles. The van der Waals surface area contributed by atoms with Gasteiger partial charge in [0, 0.05) is 80.2 Å². The summed E-state index contributed by atoms with van der Waals surface area (Å²) >= 11 is 0. The number of hydrogen-bond acceptors (Lipinski definition) is 19. The first-order valence-electron chi connectivity index (χ1n) is 30.4. The summed E-state index contributed by atoms with van der Waals surface area (Å²) in [6.45, 7) is 1.60. The maximum atomic E-state index is 14.7. The number of nitrogens with one attached hydrogen (secondary N) is 11. The maximum Gasteiger partial charge on any atom is 0.303 e. The van der Waals surface area contributed by atoms with Crippen molar-refractivity contribution >= 4 is 115 Å². The van der Waals surface area contributed by atoms with Gasteiger partial charge in [0.2, 0.25) is 70.9 Å². The number of aliphatic imine (C=N–C) groups is 1. The van der Waals surface area contributed by atoms with Gasteiger partial charge in [-0.2, -0.15) is 0 Å². The lowest BCUT2D eigenvalue weighted by Gasteiger charge is -2.29. The molecule has 3 aromatic carbocycles. The number of aliphatic carboxylic acids is 1. The molecule has 12 amide bonds. The Morgan fingerprint density at radius 1 is 0.635 bits per heavy atom. The van der Waals surface area contributed by atoms with E-state index in [4.69, 9.17) is 22.9 Å². The molecule has 0 spiro atoms. The molecule has 0 radical (unpaired) electrons. The van der Waals surface area contributed by atoms with Crippen molar-refractivity contribution < 1.29 is 82.8 Å². The number of amides is 12. The number of para-hydroxylation sites is 1. The number of carbonyl (C=O) groups excluding carboxylic acids is 12. The van der Waals surface area contributed by atoms with E-state index in [1.54, 1.807) is 44.3 Å². The number of phenolic OH excluding ortho intramolecular Hbond substituents is 2. The van der Waals surface area contributed by atoms with Crippen molar-refractivity contribution in [3.63, 3.8) is 0 Å². The Morgan fingerprint density at radius 2 is 1.20 bits per heavy atom. The zero-order chi connectivity index (χ0) is 70.6. The number of rotatable bonds is 22. The monoisotopic (exact) mass is 1370 g/mol. The van der Waals surface area contributed by atoms with Gasteiger partial charge < -0.3 is 102 Å². The van der Waals surface area contributed by atoms with Gasteiger partial charge in [0.25, 0.3) is 0 Å². The number of phenols is 2. The Kier molecular flexibility index (Phi) is 30.5. The van der Waals surface area contributed by atoms with E-state index < -0.39 is 188 Å². The number of aromatic nitrogens is 1. The van der Waals surface area contributed by atoms with E-state index in [2.05, 4.69) is 63.1 Å². The Bertz CT molecular complexity index is 3440. The van der Waals surface area contributed by atoms with Crippen LogP contribution in [-0.2, 0) is 81.6 Å². The van der Waals surface area contributed by atoms with Crippen molar-refractivity contribution in [2.45, 2.75) is 132 Å². The number of nitrogens with zero attached hydrogens (tertiary/aromatic N) is 1. The number of carbonyl (C=O) groups is 13. The largest absolute Gasteiger partial charge is 0.508 e. The number of hydrogen-bond donors (Lipinski definition) is 19. The molecule has 1 aliphatic rings. The van der Waals surface area contributed by atoms with Gasteiger partial charge in [-0.05, 0) is 78.6 Å². The molecular formula is C61H82N16O17S2. The average Bonchev–Trinajstić information content (AvgIpc) is 1.64. The van der Waals surface area contributed by atoms with Crippen LogP contribution in [0.2, 0.25) is 0 Å². The smallest absolute Gasteiger partial charge is 0.303 e. The Hall–Kier alpha value is -10.2. The van der Waals surface area contributed by atoms with Gasteiger partial charge in [-0.1, -0.05) is 77.9 Å². The van der Waals surface area contributed by atoms with Crippen LogP contribution in [0.5, 0.6) is 11.5 Å². The van der Waals surface area contributed by atoms with Crippen LogP contribution >= 0.6 is 21.6 Å². The fourth-order valence-electron chi connectivity index (χ4n) is 9.70. The normalized spacial score (nSPS) is 21.4. The first-order valence-corrected chi connectivity index (χ1v) is 32.9. The number of aromatic hydroxyl groups is 2. The zero-order valence-corrected chi connectivity index (χ0v) is 54.2. The molecule has 0 unspecified atom stereocenters. The zero-order valence-electron chi connectivity index (χ0n) is 52.6. The molecule has 33 nitrogen and oxygen atoms in total. The van der Waals surface area contributed by atoms with Gasteiger partial charge >= 0.3 is 5.97 Å². The topological polar surface area (TPSA) is 555 Å². The molecule has 0 aliphatic carbocycles. The summed E-state index contributed by atoms with van der Waals surface area (Å²) in [5.41, 5.74) is 24.3. The second-order valence-electron chi connectivity index (χ2n) is 22.7. The molecule has 9 atom stereocenters. The summed E-state index contributed by atoms with van der Waals surface area (Å²) in [7, 11) is 1.67. The van der Waals surface area contributed by atoms with E-state index in [0.29, 0.717) is 27.6 Å². The highest BCUT2D eigenvalue weighted by Crippen LogP contribution is 2.25. The van der Waals surface area contributed by atoms with Crippen LogP contribution in [0.15, 0.2) is 84.0 Å². The van der Waals surface area contributed by atoms with Crippen LogP contribution in [0.3, 0.4) is 0 Å². The number of fused-ring (bicyclic) bond motifs is 1. The van der Waals surface area contributed by atoms with Crippen LogP contribution in [-0.4, -0.2) is 194 Å². The highest BCUT2D eigenvalue weighted by Gasteiger charge is 2.37. The Balaban J connectivity index is 1.59. The fraction of sp³-hybridized carbons (Fsp3) is 0.443. The molecule has 0 bridgehead atoms. The number of carboxylic acids is 1. The predicted molar refractivity (Wildman–Crippen MR) is 352 cm³/mol. The highest BCUT2D eigenvalue weighted by molar-refractivity contribution is 8.76. The third kappa shape index (κ3) is 25.6. The number of H-pyrrole nitrogens is 1. The lowest BCUT2D eigenvalue weighted by molar-refractivity contribution is -0.138. The first-order chi connectivity index (χ1) is 45.6. The molecule has 23 N–H and O–H groups in total. The van der Waals surface area contributed by atoms with Gasteiger partial charge in [0.1, 0.15) is 72.5 Å². The lowest BCUT2D eigenvalue weighted by Crippen LogP contribution is -2.61. The number of guanidine groups is 1. The van der Waals surface area contributed by atoms with Crippen LogP contribution in [0, 0.1) is 5.92 Å². The number of primary amides is 2. The minimum Gasteiger partial charge on any atom is -0.508 e. The predicted octanol–water partition coefficient (Wildman–Crippen LogP) is -3.81. The summed E-state index contributed by atoms with van der Waals surface area (Å²) in [6, 6.07) is 3.93. The molecule has 520 valence electrons. The first kappa shape index (κ1) is 76.6. The molecule has 35 heteroatoms. The Morgan fingerprint density at radius 3 is 1.81 bits per heavy atom. The van der Waals surface area contributed by atoms with Crippen molar-refractivity contribution in [2.24, 2.45) is 33.8 Å². The molecule has 1 fully saturated rings. The van der Waals surface area contributed by atoms with Crippen molar-refractivity contribution in [2.75, 3.05) is 31.2 Å². The number of nitrogens with two attached hydrogens (primary N) is 4. The van der Waals surface area contributed by atoms with Crippen LogP contribution in [0.25, 0.3) is 10.9 Å². The maximum absolute atomic E-state index is 14.7. The molecule has 0 saturated carbocycles.